The lowest BCUT2D eigenvalue weighted by molar-refractivity contribution is -0.132. The summed E-state index contributed by atoms with van der Waals surface area (Å²) >= 11 is 3.35. The summed E-state index contributed by atoms with van der Waals surface area (Å²) in [7, 11) is 0. The Hall–Kier alpha value is -1.69. The Morgan fingerprint density at radius 1 is 1.24 bits per heavy atom. The lowest BCUT2D eigenvalue weighted by Crippen LogP contribution is -2.39. The van der Waals surface area contributed by atoms with E-state index in [0.29, 0.717) is 10.9 Å². The average molecular weight is 350 g/mol. The summed E-state index contributed by atoms with van der Waals surface area (Å²) in [5.74, 6) is -0.00653. The van der Waals surface area contributed by atoms with Gasteiger partial charge in [-0.25, -0.2) is 4.98 Å². The van der Waals surface area contributed by atoms with E-state index in [1.165, 1.54) is 17.3 Å². The zero-order valence-corrected chi connectivity index (χ0v) is 13.2. The fraction of sp³-hybridized carbons (Fsp3) is 0.400. The Kier molecular flexibility index (Phi) is 4.05. The van der Waals surface area contributed by atoms with Crippen LogP contribution in [0.2, 0.25) is 0 Å². The largest absolute Gasteiger partial charge is 0.341 e. The van der Waals surface area contributed by atoms with Crippen LogP contribution in [-0.2, 0) is 11.3 Å². The molecule has 3 rings (SSSR count). The number of nitrogens with zero attached hydrogens (tertiary/aromatic N) is 3. The van der Waals surface area contributed by atoms with E-state index in [1.54, 1.807) is 12.1 Å². The van der Waals surface area contributed by atoms with Crippen LogP contribution >= 0.6 is 15.9 Å². The Labute approximate surface area is 130 Å². The number of aromatic nitrogens is 2. The smallest absolute Gasteiger partial charge is 0.261 e. The van der Waals surface area contributed by atoms with Gasteiger partial charge in [0.05, 0.1) is 17.2 Å². The molecule has 1 aromatic carbocycles. The van der Waals surface area contributed by atoms with Gasteiger partial charge in [-0.3, -0.25) is 14.2 Å². The number of likely N-dealkylation sites (tertiary alicyclic amines) is 1. The van der Waals surface area contributed by atoms with Gasteiger partial charge in [-0.05, 0) is 37.5 Å². The van der Waals surface area contributed by atoms with Gasteiger partial charge in [0.15, 0.2) is 0 Å². The number of hydrogen-bond donors (Lipinski definition) is 0. The Morgan fingerprint density at radius 3 is 2.76 bits per heavy atom. The third-order valence-corrected chi connectivity index (χ3v) is 4.29. The normalized spacial score (nSPS) is 15.4. The van der Waals surface area contributed by atoms with Crippen molar-refractivity contribution in [3.05, 3.63) is 39.4 Å². The lowest BCUT2D eigenvalue weighted by Gasteiger charge is -2.26. The van der Waals surface area contributed by atoms with Crippen molar-refractivity contribution in [1.29, 1.82) is 0 Å². The molecule has 1 aromatic heterocycles. The predicted molar refractivity (Wildman–Crippen MR) is 84.1 cm³/mol. The van der Waals surface area contributed by atoms with E-state index in [0.717, 1.165) is 30.4 Å². The van der Waals surface area contributed by atoms with Gasteiger partial charge in [-0.15, -0.1) is 0 Å². The SMILES string of the molecule is O=C(Cn1cnc2ccc(Br)cc2c1=O)N1CCCCC1. The highest BCUT2D eigenvalue weighted by Gasteiger charge is 2.17. The predicted octanol–water partition coefficient (Wildman–Crippen LogP) is 2.17. The Bertz CT molecular complexity index is 735. The van der Waals surface area contributed by atoms with E-state index in [9.17, 15) is 9.59 Å². The molecular weight excluding hydrogens is 334 g/mol. The van der Waals surface area contributed by atoms with E-state index in [-0.39, 0.29) is 18.0 Å². The van der Waals surface area contributed by atoms with Gasteiger partial charge in [0, 0.05) is 17.6 Å². The van der Waals surface area contributed by atoms with E-state index < -0.39 is 0 Å². The lowest BCUT2D eigenvalue weighted by atomic mass is 10.1. The highest BCUT2D eigenvalue weighted by atomic mass is 79.9. The molecule has 5 nitrogen and oxygen atoms in total. The number of piperidine rings is 1. The minimum Gasteiger partial charge on any atom is -0.341 e. The third-order valence-electron chi connectivity index (χ3n) is 3.80. The maximum atomic E-state index is 12.4. The summed E-state index contributed by atoms with van der Waals surface area (Å²) in [6.45, 7) is 1.65. The number of halogens is 1. The maximum Gasteiger partial charge on any atom is 0.261 e. The van der Waals surface area contributed by atoms with E-state index in [2.05, 4.69) is 20.9 Å². The minimum atomic E-state index is -0.174. The molecule has 21 heavy (non-hydrogen) atoms. The number of fused-ring (bicyclic) bond motifs is 1. The van der Waals surface area contributed by atoms with Gasteiger partial charge in [-0.2, -0.15) is 0 Å². The first-order chi connectivity index (χ1) is 10.1. The van der Waals surface area contributed by atoms with Crippen LogP contribution in [0, 0.1) is 0 Å². The van der Waals surface area contributed by atoms with Crippen molar-refractivity contribution in [1.82, 2.24) is 14.5 Å². The van der Waals surface area contributed by atoms with Crippen molar-refractivity contribution < 1.29 is 4.79 Å². The maximum absolute atomic E-state index is 12.4. The highest BCUT2D eigenvalue weighted by molar-refractivity contribution is 9.10. The van der Waals surface area contributed by atoms with Gasteiger partial charge < -0.3 is 4.90 Å². The molecule has 2 heterocycles. The van der Waals surface area contributed by atoms with Crippen molar-refractivity contribution in [2.24, 2.45) is 0 Å². The van der Waals surface area contributed by atoms with Crippen LogP contribution in [0.1, 0.15) is 19.3 Å². The molecule has 2 aromatic rings. The molecule has 0 spiro atoms. The second-order valence-electron chi connectivity index (χ2n) is 5.28. The fourth-order valence-corrected chi connectivity index (χ4v) is 2.99. The Morgan fingerprint density at radius 2 is 2.00 bits per heavy atom. The standard InChI is InChI=1S/C15H16BrN3O2/c16-11-4-5-13-12(8-11)15(21)19(10-17-13)9-14(20)18-6-2-1-3-7-18/h4-5,8,10H,1-3,6-7,9H2. The molecule has 1 saturated heterocycles. The summed E-state index contributed by atoms with van der Waals surface area (Å²) in [5.41, 5.74) is 0.469. The first kappa shape index (κ1) is 14.3. The van der Waals surface area contributed by atoms with E-state index in [4.69, 9.17) is 0 Å². The molecule has 110 valence electrons. The molecule has 6 heteroatoms. The van der Waals surface area contributed by atoms with Crippen LogP contribution in [0.15, 0.2) is 33.8 Å². The van der Waals surface area contributed by atoms with Gasteiger partial charge in [-0.1, -0.05) is 15.9 Å². The van der Waals surface area contributed by atoms with Crippen LogP contribution in [-0.4, -0.2) is 33.4 Å². The first-order valence-corrected chi connectivity index (χ1v) is 7.87. The molecule has 0 atom stereocenters. The van der Waals surface area contributed by atoms with Crippen molar-refractivity contribution in [3.63, 3.8) is 0 Å². The molecule has 0 radical (unpaired) electrons. The number of carbonyl (C=O) groups excluding carboxylic acids is 1. The first-order valence-electron chi connectivity index (χ1n) is 7.07. The van der Waals surface area contributed by atoms with Gasteiger partial charge in [0.2, 0.25) is 5.91 Å². The second kappa shape index (κ2) is 5.97. The van der Waals surface area contributed by atoms with Crippen molar-refractivity contribution in [2.75, 3.05) is 13.1 Å². The van der Waals surface area contributed by atoms with Crippen LogP contribution < -0.4 is 5.56 Å². The molecule has 1 aliphatic heterocycles. The number of carbonyl (C=O) groups is 1. The average Bonchev–Trinajstić information content (AvgIpc) is 2.51. The van der Waals surface area contributed by atoms with Crippen LogP contribution in [0.3, 0.4) is 0 Å². The minimum absolute atomic E-state index is 0.00653. The second-order valence-corrected chi connectivity index (χ2v) is 6.20. The van der Waals surface area contributed by atoms with Crippen LogP contribution in [0.4, 0.5) is 0 Å². The molecule has 0 N–H and O–H groups in total. The number of amides is 1. The monoisotopic (exact) mass is 349 g/mol. The number of rotatable bonds is 2. The van der Waals surface area contributed by atoms with E-state index >= 15 is 0 Å². The molecule has 0 saturated carbocycles. The Balaban J connectivity index is 1.88. The van der Waals surface area contributed by atoms with Crippen LogP contribution in [0.5, 0.6) is 0 Å². The fourth-order valence-electron chi connectivity index (χ4n) is 2.63. The van der Waals surface area contributed by atoms with Gasteiger partial charge in [0.1, 0.15) is 6.54 Å². The zero-order chi connectivity index (χ0) is 14.8. The van der Waals surface area contributed by atoms with Gasteiger partial charge >= 0.3 is 0 Å². The molecular formula is C15H16BrN3O2. The molecule has 1 fully saturated rings. The summed E-state index contributed by atoms with van der Waals surface area (Å²) in [6, 6.07) is 5.38. The summed E-state index contributed by atoms with van der Waals surface area (Å²) in [6.07, 6.45) is 4.73. The van der Waals surface area contributed by atoms with Crippen LogP contribution in [0.25, 0.3) is 10.9 Å². The van der Waals surface area contributed by atoms with Crippen molar-refractivity contribution in [3.8, 4) is 0 Å². The highest BCUT2D eigenvalue weighted by Crippen LogP contribution is 2.15. The third kappa shape index (κ3) is 3.00. The zero-order valence-electron chi connectivity index (χ0n) is 11.6. The molecule has 0 bridgehead atoms. The quantitative estimate of drug-likeness (QED) is 0.834. The van der Waals surface area contributed by atoms with Gasteiger partial charge in [0.25, 0.3) is 5.56 Å². The molecule has 1 aliphatic rings. The number of hydrogen-bond acceptors (Lipinski definition) is 3. The van der Waals surface area contributed by atoms with Crippen molar-refractivity contribution >= 4 is 32.7 Å². The molecule has 0 unspecified atom stereocenters. The summed E-state index contributed by atoms with van der Waals surface area (Å²) < 4.78 is 2.22. The number of benzene rings is 1. The topological polar surface area (TPSA) is 55.2 Å². The summed E-state index contributed by atoms with van der Waals surface area (Å²) in [4.78, 5) is 30.8. The van der Waals surface area contributed by atoms with E-state index in [1.807, 2.05) is 11.0 Å². The van der Waals surface area contributed by atoms with Crippen molar-refractivity contribution in [2.45, 2.75) is 25.8 Å². The molecule has 1 amide bonds. The molecule has 0 aliphatic carbocycles. The summed E-state index contributed by atoms with van der Waals surface area (Å²) in [5, 5.41) is 0.526.